The number of amides is 2. The number of ether oxygens (including phenoxy) is 1. The van der Waals surface area contributed by atoms with Crippen LogP contribution in [0.1, 0.15) is 51.5 Å². The van der Waals surface area contributed by atoms with E-state index in [9.17, 15) is 9.59 Å². The van der Waals surface area contributed by atoms with Crippen molar-refractivity contribution in [3.8, 4) is 5.75 Å². The minimum Gasteiger partial charge on any atom is -0.489 e. The molecule has 3 rings (SSSR count). The Morgan fingerprint density at radius 2 is 1.59 bits per heavy atom. The highest BCUT2D eigenvalue weighted by Crippen LogP contribution is 2.24. The van der Waals surface area contributed by atoms with Crippen LogP contribution in [0.4, 0.5) is 5.69 Å². The van der Waals surface area contributed by atoms with Gasteiger partial charge in [0.05, 0.1) is 0 Å². The average Bonchev–Trinajstić information content (AvgIpc) is 2.74. The van der Waals surface area contributed by atoms with Gasteiger partial charge in [-0.25, -0.2) is 0 Å². The third-order valence-corrected chi connectivity index (χ3v) is 5.44. The van der Waals surface area contributed by atoms with Crippen LogP contribution in [0.3, 0.4) is 0 Å². The van der Waals surface area contributed by atoms with Gasteiger partial charge in [0, 0.05) is 11.7 Å². The van der Waals surface area contributed by atoms with Crippen molar-refractivity contribution in [3.05, 3.63) is 60.2 Å². The SMILES string of the molecule is CC(C)(C(=O)Nc1ccc(OCc2ccccc2)cc1)C(=O)NC1CCCCC1. The van der Waals surface area contributed by atoms with Crippen LogP contribution in [0, 0.1) is 5.41 Å². The van der Waals surface area contributed by atoms with Crippen molar-refractivity contribution in [2.45, 2.75) is 58.6 Å². The smallest absolute Gasteiger partial charge is 0.239 e. The quantitative estimate of drug-likeness (QED) is 0.670. The van der Waals surface area contributed by atoms with E-state index in [0.717, 1.165) is 37.0 Å². The van der Waals surface area contributed by atoms with Gasteiger partial charge >= 0.3 is 0 Å². The molecule has 0 unspecified atom stereocenters. The molecule has 0 aromatic heterocycles. The first kappa shape index (κ1) is 20.9. The molecule has 2 aromatic rings. The molecule has 29 heavy (non-hydrogen) atoms. The fourth-order valence-corrected chi connectivity index (χ4v) is 3.38. The fraction of sp³-hybridized carbons (Fsp3) is 0.417. The van der Waals surface area contributed by atoms with E-state index in [2.05, 4.69) is 10.6 Å². The van der Waals surface area contributed by atoms with E-state index < -0.39 is 5.41 Å². The Balaban J connectivity index is 1.52. The number of anilines is 1. The third-order valence-electron chi connectivity index (χ3n) is 5.44. The van der Waals surface area contributed by atoms with Crippen LogP contribution in [0.15, 0.2) is 54.6 Å². The number of benzene rings is 2. The molecule has 0 atom stereocenters. The van der Waals surface area contributed by atoms with Crippen LogP contribution >= 0.6 is 0 Å². The Labute approximate surface area is 172 Å². The van der Waals surface area contributed by atoms with Gasteiger partial charge in [0.1, 0.15) is 17.8 Å². The summed E-state index contributed by atoms with van der Waals surface area (Å²) < 4.78 is 5.77. The van der Waals surface area contributed by atoms with Crippen LogP contribution in [0.2, 0.25) is 0 Å². The Morgan fingerprint density at radius 1 is 0.931 bits per heavy atom. The standard InChI is InChI=1S/C24H30N2O3/c1-24(2,22(27)25-19-11-7-4-8-12-19)23(28)26-20-13-15-21(16-14-20)29-17-18-9-5-3-6-10-18/h3,5-6,9-10,13-16,19H,4,7-8,11-12,17H2,1-2H3,(H,25,27)(H,26,28). The van der Waals surface area contributed by atoms with Crippen LogP contribution < -0.4 is 15.4 Å². The Kier molecular flexibility index (Phi) is 6.91. The van der Waals surface area contributed by atoms with Crippen molar-refractivity contribution in [2.75, 3.05) is 5.32 Å². The molecule has 0 saturated heterocycles. The minimum atomic E-state index is -1.14. The monoisotopic (exact) mass is 394 g/mol. The van der Waals surface area contributed by atoms with E-state index in [4.69, 9.17) is 4.74 Å². The first-order valence-electron chi connectivity index (χ1n) is 10.3. The average molecular weight is 395 g/mol. The third kappa shape index (κ3) is 5.83. The first-order chi connectivity index (χ1) is 13.9. The maximum absolute atomic E-state index is 12.7. The summed E-state index contributed by atoms with van der Waals surface area (Å²) in [7, 11) is 0. The summed E-state index contributed by atoms with van der Waals surface area (Å²) in [5, 5.41) is 5.89. The molecule has 2 N–H and O–H groups in total. The molecule has 5 heteroatoms. The number of carbonyl (C=O) groups excluding carboxylic acids is 2. The summed E-state index contributed by atoms with van der Waals surface area (Å²) in [5.41, 5.74) is 0.594. The van der Waals surface area contributed by atoms with Gasteiger partial charge in [-0.2, -0.15) is 0 Å². The maximum Gasteiger partial charge on any atom is 0.239 e. The number of nitrogens with one attached hydrogen (secondary N) is 2. The zero-order valence-corrected chi connectivity index (χ0v) is 17.2. The van der Waals surface area contributed by atoms with Gasteiger partial charge in [0.15, 0.2) is 0 Å². The van der Waals surface area contributed by atoms with Crippen molar-refractivity contribution in [3.63, 3.8) is 0 Å². The summed E-state index contributed by atoms with van der Waals surface area (Å²) in [5.74, 6) is 0.189. The second kappa shape index (κ2) is 9.59. The van der Waals surface area contributed by atoms with Crippen molar-refractivity contribution in [1.29, 1.82) is 0 Å². The van der Waals surface area contributed by atoms with Gasteiger partial charge in [-0.05, 0) is 56.5 Å². The molecule has 0 heterocycles. The van der Waals surface area contributed by atoms with Gasteiger partial charge < -0.3 is 15.4 Å². The van der Waals surface area contributed by atoms with Gasteiger partial charge in [-0.15, -0.1) is 0 Å². The number of rotatable bonds is 7. The molecular weight excluding hydrogens is 364 g/mol. The van der Waals surface area contributed by atoms with E-state index in [1.165, 1.54) is 6.42 Å². The summed E-state index contributed by atoms with van der Waals surface area (Å²) in [6.45, 7) is 3.82. The molecule has 154 valence electrons. The summed E-state index contributed by atoms with van der Waals surface area (Å²) in [4.78, 5) is 25.4. The predicted molar refractivity (Wildman–Crippen MR) is 115 cm³/mol. The molecule has 0 aliphatic heterocycles. The molecule has 5 nitrogen and oxygen atoms in total. The Bertz CT molecular complexity index is 810. The van der Waals surface area contributed by atoms with Crippen LogP contribution in [0.25, 0.3) is 0 Å². The molecule has 0 spiro atoms. The van der Waals surface area contributed by atoms with Crippen molar-refractivity contribution >= 4 is 17.5 Å². The molecular formula is C24H30N2O3. The lowest BCUT2D eigenvalue weighted by Gasteiger charge is -2.28. The van der Waals surface area contributed by atoms with Crippen LogP contribution in [-0.4, -0.2) is 17.9 Å². The molecule has 0 radical (unpaired) electrons. The molecule has 0 bridgehead atoms. The highest BCUT2D eigenvalue weighted by Gasteiger charge is 2.37. The highest BCUT2D eigenvalue weighted by atomic mass is 16.5. The van der Waals surface area contributed by atoms with Gasteiger partial charge in [-0.1, -0.05) is 49.6 Å². The van der Waals surface area contributed by atoms with Gasteiger partial charge in [-0.3, -0.25) is 9.59 Å². The summed E-state index contributed by atoms with van der Waals surface area (Å²) in [6, 6.07) is 17.3. The lowest BCUT2D eigenvalue weighted by Crippen LogP contribution is -2.49. The molecule has 1 fully saturated rings. The normalized spacial score (nSPS) is 14.8. The second-order valence-corrected chi connectivity index (χ2v) is 8.19. The largest absolute Gasteiger partial charge is 0.489 e. The second-order valence-electron chi connectivity index (χ2n) is 8.19. The zero-order chi connectivity index (χ0) is 20.7. The predicted octanol–water partition coefficient (Wildman–Crippen LogP) is 4.68. The molecule has 1 saturated carbocycles. The van der Waals surface area contributed by atoms with Crippen molar-refractivity contribution in [2.24, 2.45) is 5.41 Å². The van der Waals surface area contributed by atoms with Crippen molar-refractivity contribution in [1.82, 2.24) is 5.32 Å². The van der Waals surface area contributed by atoms with E-state index >= 15 is 0 Å². The Hall–Kier alpha value is -2.82. The Morgan fingerprint density at radius 3 is 2.24 bits per heavy atom. The molecule has 2 aromatic carbocycles. The number of carbonyl (C=O) groups is 2. The lowest BCUT2D eigenvalue weighted by molar-refractivity contribution is -0.139. The molecule has 1 aliphatic carbocycles. The highest BCUT2D eigenvalue weighted by molar-refractivity contribution is 6.09. The van der Waals surface area contributed by atoms with Gasteiger partial charge in [0.25, 0.3) is 0 Å². The summed E-state index contributed by atoms with van der Waals surface area (Å²) >= 11 is 0. The topological polar surface area (TPSA) is 67.4 Å². The van der Waals surface area contributed by atoms with E-state index in [1.807, 2.05) is 42.5 Å². The summed E-state index contributed by atoms with van der Waals surface area (Å²) in [6.07, 6.45) is 5.48. The minimum absolute atomic E-state index is 0.185. The lowest BCUT2D eigenvalue weighted by atomic mass is 9.88. The zero-order valence-electron chi connectivity index (χ0n) is 17.2. The van der Waals surface area contributed by atoms with E-state index in [1.54, 1.807) is 26.0 Å². The molecule has 1 aliphatic rings. The van der Waals surface area contributed by atoms with E-state index in [0.29, 0.717) is 12.3 Å². The van der Waals surface area contributed by atoms with Gasteiger partial charge in [0.2, 0.25) is 11.8 Å². The molecule has 2 amide bonds. The maximum atomic E-state index is 12.7. The fourth-order valence-electron chi connectivity index (χ4n) is 3.38. The van der Waals surface area contributed by atoms with Crippen molar-refractivity contribution < 1.29 is 14.3 Å². The van der Waals surface area contributed by atoms with E-state index in [-0.39, 0.29) is 17.9 Å². The van der Waals surface area contributed by atoms with Crippen LogP contribution in [-0.2, 0) is 16.2 Å². The number of hydrogen-bond donors (Lipinski definition) is 2. The number of hydrogen-bond acceptors (Lipinski definition) is 3. The first-order valence-corrected chi connectivity index (χ1v) is 10.3. The van der Waals surface area contributed by atoms with Crippen LogP contribution in [0.5, 0.6) is 5.75 Å².